The Hall–Kier alpha value is -2.67. The van der Waals surface area contributed by atoms with E-state index in [0.717, 1.165) is 5.69 Å². The van der Waals surface area contributed by atoms with Gasteiger partial charge in [-0.05, 0) is 34.7 Å². The number of hydrogen-bond donors (Lipinski definition) is 1. The molecule has 1 amide bonds. The van der Waals surface area contributed by atoms with Gasteiger partial charge < -0.3 is 5.32 Å². The van der Waals surface area contributed by atoms with Gasteiger partial charge in [0, 0.05) is 17.9 Å². The van der Waals surface area contributed by atoms with Crippen molar-refractivity contribution in [3.63, 3.8) is 0 Å². The van der Waals surface area contributed by atoms with Gasteiger partial charge >= 0.3 is 0 Å². The van der Waals surface area contributed by atoms with E-state index in [9.17, 15) is 4.79 Å². The number of nitrogens with one attached hydrogen (secondary N) is 1. The smallest absolute Gasteiger partial charge is 0.251 e. The van der Waals surface area contributed by atoms with Gasteiger partial charge in [-0.25, -0.2) is 0 Å². The lowest BCUT2D eigenvalue weighted by Gasteiger charge is -2.05. The molecule has 0 aliphatic heterocycles. The van der Waals surface area contributed by atoms with Crippen LogP contribution in [0.3, 0.4) is 0 Å². The second-order valence-corrected chi connectivity index (χ2v) is 5.74. The van der Waals surface area contributed by atoms with Gasteiger partial charge in [0.2, 0.25) is 5.16 Å². The Bertz CT molecular complexity index is 760. The van der Waals surface area contributed by atoms with Crippen LogP contribution in [-0.2, 0) is 0 Å². The number of tetrazole rings is 1. The molecule has 1 heterocycles. The molecule has 0 radical (unpaired) electrons. The van der Waals surface area contributed by atoms with Gasteiger partial charge in [0.15, 0.2) is 0 Å². The molecular weight excluding hydrogens is 310 g/mol. The summed E-state index contributed by atoms with van der Waals surface area (Å²) in [4.78, 5) is 11.9. The van der Waals surface area contributed by atoms with Crippen LogP contribution in [0.5, 0.6) is 0 Å². The molecule has 1 N–H and O–H groups in total. The molecule has 3 rings (SSSR count). The predicted octanol–water partition coefficient (Wildman–Crippen LogP) is 2.18. The Kier molecular flexibility index (Phi) is 5.00. The van der Waals surface area contributed by atoms with Crippen molar-refractivity contribution in [3.05, 3.63) is 66.2 Å². The third-order valence-corrected chi connectivity index (χ3v) is 4.02. The van der Waals surface area contributed by atoms with Crippen LogP contribution in [0, 0.1) is 0 Å². The lowest BCUT2D eigenvalue weighted by molar-refractivity contribution is 0.0956. The van der Waals surface area contributed by atoms with Crippen molar-refractivity contribution < 1.29 is 4.79 Å². The minimum absolute atomic E-state index is 0.0751. The van der Waals surface area contributed by atoms with Gasteiger partial charge in [0.1, 0.15) is 0 Å². The van der Waals surface area contributed by atoms with Crippen molar-refractivity contribution in [1.82, 2.24) is 25.5 Å². The number of amides is 1. The molecule has 0 saturated heterocycles. The maximum absolute atomic E-state index is 11.9. The highest BCUT2D eigenvalue weighted by Gasteiger charge is 2.09. The quantitative estimate of drug-likeness (QED) is 0.555. The Morgan fingerprint density at radius 3 is 2.48 bits per heavy atom. The second kappa shape index (κ2) is 7.55. The van der Waals surface area contributed by atoms with Crippen LogP contribution in [0.15, 0.2) is 65.8 Å². The van der Waals surface area contributed by atoms with E-state index in [2.05, 4.69) is 20.8 Å². The molecule has 2 aromatic carbocycles. The summed E-state index contributed by atoms with van der Waals surface area (Å²) in [6, 6.07) is 18.9. The maximum atomic E-state index is 11.9. The zero-order valence-corrected chi connectivity index (χ0v) is 13.1. The highest BCUT2D eigenvalue weighted by Crippen LogP contribution is 2.17. The van der Waals surface area contributed by atoms with Crippen molar-refractivity contribution in [1.29, 1.82) is 0 Å². The van der Waals surface area contributed by atoms with E-state index in [1.807, 2.05) is 48.5 Å². The van der Waals surface area contributed by atoms with E-state index in [1.165, 1.54) is 11.8 Å². The molecule has 0 atom stereocenters. The Balaban J connectivity index is 1.52. The van der Waals surface area contributed by atoms with Gasteiger partial charge in [-0.1, -0.05) is 48.2 Å². The normalized spacial score (nSPS) is 10.4. The summed E-state index contributed by atoms with van der Waals surface area (Å²) in [6.45, 7) is 0.542. The average molecular weight is 325 g/mol. The first-order valence-corrected chi connectivity index (χ1v) is 8.13. The molecule has 0 aliphatic carbocycles. The topological polar surface area (TPSA) is 72.7 Å². The predicted molar refractivity (Wildman–Crippen MR) is 88.7 cm³/mol. The van der Waals surface area contributed by atoms with Crippen molar-refractivity contribution in [2.24, 2.45) is 0 Å². The summed E-state index contributed by atoms with van der Waals surface area (Å²) in [5.41, 5.74) is 1.57. The fraction of sp³-hybridized carbons (Fsp3) is 0.125. The molecule has 7 heteroatoms. The Morgan fingerprint density at radius 1 is 1.04 bits per heavy atom. The molecular formula is C16H15N5OS. The summed E-state index contributed by atoms with van der Waals surface area (Å²) >= 11 is 1.50. The highest BCUT2D eigenvalue weighted by atomic mass is 32.2. The first-order valence-electron chi connectivity index (χ1n) is 7.14. The zero-order valence-electron chi connectivity index (χ0n) is 12.3. The van der Waals surface area contributed by atoms with Crippen molar-refractivity contribution in [3.8, 4) is 5.69 Å². The fourth-order valence-electron chi connectivity index (χ4n) is 2.00. The monoisotopic (exact) mass is 325 g/mol. The minimum atomic E-state index is -0.0751. The van der Waals surface area contributed by atoms with Crippen LogP contribution in [-0.4, -0.2) is 38.4 Å². The number of carbonyl (C=O) groups is 1. The third-order valence-electron chi connectivity index (χ3n) is 3.10. The SMILES string of the molecule is O=C(NCCSc1nnnn1-c1ccccc1)c1ccccc1. The number of carbonyl (C=O) groups excluding carboxylic acids is 1. The van der Waals surface area contributed by atoms with E-state index in [4.69, 9.17) is 0 Å². The molecule has 23 heavy (non-hydrogen) atoms. The summed E-state index contributed by atoms with van der Waals surface area (Å²) in [7, 11) is 0. The molecule has 3 aromatic rings. The summed E-state index contributed by atoms with van der Waals surface area (Å²) in [6.07, 6.45) is 0. The van der Waals surface area contributed by atoms with E-state index in [-0.39, 0.29) is 5.91 Å². The molecule has 0 unspecified atom stereocenters. The average Bonchev–Trinajstić information content (AvgIpc) is 3.08. The number of hydrogen-bond acceptors (Lipinski definition) is 5. The molecule has 0 spiro atoms. The van der Waals surface area contributed by atoms with Crippen molar-refractivity contribution in [2.45, 2.75) is 5.16 Å². The number of nitrogens with zero attached hydrogens (tertiary/aromatic N) is 4. The van der Waals surface area contributed by atoms with Crippen LogP contribution >= 0.6 is 11.8 Å². The van der Waals surface area contributed by atoms with Gasteiger partial charge in [0.05, 0.1) is 5.69 Å². The van der Waals surface area contributed by atoms with Gasteiger partial charge in [-0.3, -0.25) is 4.79 Å². The van der Waals surface area contributed by atoms with E-state index in [0.29, 0.717) is 23.0 Å². The fourth-order valence-corrected chi connectivity index (χ4v) is 2.74. The highest BCUT2D eigenvalue weighted by molar-refractivity contribution is 7.99. The van der Waals surface area contributed by atoms with Gasteiger partial charge in [-0.15, -0.1) is 5.10 Å². The van der Waals surface area contributed by atoms with E-state index < -0.39 is 0 Å². The zero-order chi connectivity index (χ0) is 15.9. The molecule has 0 fully saturated rings. The Morgan fingerprint density at radius 2 is 1.74 bits per heavy atom. The van der Waals surface area contributed by atoms with Gasteiger partial charge in [-0.2, -0.15) is 4.68 Å². The van der Waals surface area contributed by atoms with Crippen LogP contribution in [0.2, 0.25) is 0 Å². The van der Waals surface area contributed by atoms with Crippen LogP contribution in [0.25, 0.3) is 5.69 Å². The number of benzene rings is 2. The van der Waals surface area contributed by atoms with Crippen molar-refractivity contribution in [2.75, 3.05) is 12.3 Å². The first-order chi connectivity index (χ1) is 11.3. The molecule has 0 bridgehead atoms. The number of thioether (sulfide) groups is 1. The Labute approximate surface area is 137 Å². The first kappa shape index (κ1) is 15.2. The van der Waals surface area contributed by atoms with E-state index >= 15 is 0 Å². The largest absolute Gasteiger partial charge is 0.351 e. The standard InChI is InChI=1S/C16H15N5OS/c22-15(13-7-3-1-4-8-13)17-11-12-23-16-18-19-20-21(16)14-9-5-2-6-10-14/h1-10H,11-12H2,(H,17,22). The van der Waals surface area contributed by atoms with Crippen molar-refractivity contribution >= 4 is 17.7 Å². The summed E-state index contributed by atoms with van der Waals surface area (Å²) < 4.78 is 1.68. The van der Waals surface area contributed by atoms with Crippen LogP contribution in [0.1, 0.15) is 10.4 Å². The molecule has 6 nitrogen and oxygen atoms in total. The number of aromatic nitrogens is 4. The number of rotatable bonds is 6. The summed E-state index contributed by atoms with van der Waals surface area (Å²) in [5.74, 6) is 0.611. The minimum Gasteiger partial charge on any atom is -0.351 e. The number of para-hydroxylation sites is 1. The third kappa shape index (κ3) is 3.95. The van der Waals surface area contributed by atoms with E-state index in [1.54, 1.807) is 16.8 Å². The van der Waals surface area contributed by atoms with Crippen LogP contribution < -0.4 is 5.32 Å². The molecule has 0 saturated carbocycles. The molecule has 116 valence electrons. The lowest BCUT2D eigenvalue weighted by Crippen LogP contribution is -2.25. The van der Waals surface area contributed by atoms with Gasteiger partial charge in [0.25, 0.3) is 5.91 Å². The lowest BCUT2D eigenvalue weighted by atomic mass is 10.2. The van der Waals surface area contributed by atoms with Crippen LogP contribution in [0.4, 0.5) is 0 Å². The molecule has 0 aliphatic rings. The molecule has 1 aromatic heterocycles. The second-order valence-electron chi connectivity index (χ2n) is 4.68. The summed E-state index contributed by atoms with van der Waals surface area (Å²) in [5, 5.41) is 15.3. The maximum Gasteiger partial charge on any atom is 0.251 e.